The summed E-state index contributed by atoms with van der Waals surface area (Å²) < 4.78 is 11.4. The van der Waals surface area contributed by atoms with Gasteiger partial charge in [0.05, 0.1) is 31.9 Å². The van der Waals surface area contributed by atoms with Crippen LogP contribution >= 0.6 is 0 Å². The van der Waals surface area contributed by atoms with Crippen molar-refractivity contribution in [2.24, 2.45) is 4.99 Å². The highest BCUT2D eigenvalue weighted by Gasteiger charge is 2.19. The van der Waals surface area contributed by atoms with Gasteiger partial charge in [0, 0.05) is 19.2 Å². The predicted octanol–water partition coefficient (Wildman–Crippen LogP) is 1.03. The van der Waals surface area contributed by atoms with Gasteiger partial charge in [0.2, 0.25) is 5.88 Å². The summed E-state index contributed by atoms with van der Waals surface area (Å²) in [4.78, 5) is 20.0. The number of esters is 1. The quantitative estimate of drug-likeness (QED) is 0.464. The Balaban J connectivity index is 2.47. The standard InChI is InChI=1S/C15H18N6O3/c1-4-24-15(22)11-7-12(14(16)19-9-17-2)21(20-11)10-5-6-13(23-3)18-8-10/h5-9H,4H2,1-3H3,(H2,16,17,19). The van der Waals surface area contributed by atoms with E-state index >= 15 is 0 Å². The van der Waals surface area contributed by atoms with Gasteiger partial charge in [-0.3, -0.25) is 5.41 Å². The van der Waals surface area contributed by atoms with Gasteiger partial charge in [-0.1, -0.05) is 0 Å². The molecule has 0 spiro atoms. The third kappa shape index (κ3) is 3.75. The Morgan fingerprint density at radius 1 is 1.50 bits per heavy atom. The number of rotatable bonds is 6. The van der Waals surface area contributed by atoms with Crippen molar-refractivity contribution in [2.75, 3.05) is 20.8 Å². The minimum Gasteiger partial charge on any atom is -0.481 e. The number of nitrogens with zero attached hydrogens (tertiary/aromatic N) is 4. The lowest BCUT2D eigenvalue weighted by atomic mass is 10.3. The van der Waals surface area contributed by atoms with Crippen molar-refractivity contribution in [3.8, 4) is 11.6 Å². The molecule has 0 saturated heterocycles. The molecule has 0 radical (unpaired) electrons. The molecule has 9 nitrogen and oxygen atoms in total. The first-order chi connectivity index (χ1) is 11.6. The average molecular weight is 330 g/mol. The van der Waals surface area contributed by atoms with Crippen LogP contribution in [0.3, 0.4) is 0 Å². The number of ether oxygens (including phenoxy) is 2. The SMILES string of the molecule is CCOC(=O)c1cc(C(=N)/N=C\NC)n(-c2ccc(OC)nc2)n1. The third-order valence-corrected chi connectivity index (χ3v) is 2.93. The molecule has 24 heavy (non-hydrogen) atoms. The molecule has 0 amide bonds. The summed E-state index contributed by atoms with van der Waals surface area (Å²) in [7, 11) is 3.19. The Bertz CT molecular complexity index is 751. The number of aliphatic imine (C=N–C) groups is 1. The van der Waals surface area contributed by atoms with Crippen molar-refractivity contribution >= 4 is 18.1 Å². The lowest BCUT2D eigenvalue weighted by Crippen LogP contribution is -2.10. The Hall–Kier alpha value is -3.23. The maximum Gasteiger partial charge on any atom is 0.358 e. The largest absolute Gasteiger partial charge is 0.481 e. The Kier molecular flexibility index (Phi) is 5.61. The van der Waals surface area contributed by atoms with E-state index in [4.69, 9.17) is 14.9 Å². The Morgan fingerprint density at radius 3 is 2.88 bits per heavy atom. The van der Waals surface area contributed by atoms with Crippen LogP contribution in [0.5, 0.6) is 5.88 Å². The summed E-state index contributed by atoms with van der Waals surface area (Å²) in [6.45, 7) is 1.95. The summed E-state index contributed by atoms with van der Waals surface area (Å²) in [5.74, 6) is -0.186. The second-order valence-corrected chi connectivity index (χ2v) is 4.50. The maximum absolute atomic E-state index is 11.9. The van der Waals surface area contributed by atoms with Gasteiger partial charge in [-0.2, -0.15) is 5.10 Å². The van der Waals surface area contributed by atoms with Crippen LogP contribution in [0.25, 0.3) is 5.69 Å². The second-order valence-electron chi connectivity index (χ2n) is 4.50. The van der Waals surface area contributed by atoms with Crippen LogP contribution in [0, 0.1) is 5.41 Å². The molecule has 0 aliphatic rings. The topological polar surface area (TPSA) is 114 Å². The van der Waals surface area contributed by atoms with Crippen LogP contribution in [-0.2, 0) is 4.74 Å². The molecule has 2 N–H and O–H groups in total. The molecule has 9 heteroatoms. The molecule has 2 aromatic rings. The summed E-state index contributed by atoms with van der Waals surface area (Å²) >= 11 is 0. The minimum absolute atomic E-state index is 0.0665. The fourth-order valence-corrected chi connectivity index (χ4v) is 1.87. The van der Waals surface area contributed by atoms with Crippen LogP contribution in [-0.4, -0.2) is 53.7 Å². The van der Waals surface area contributed by atoms with E-state index in [1.807, 2.05) is 0 Å². The van der Waals surface area contributed by atoms with E-state index in [2.05, 4.69) is 20.4 Å². The highest BCUT2D eigenvalue weighted by Crippen LogP contribution is 2.16. The molecule has 0 saturated carbocycles. The third-order valence-electron chi connectivity index (χ3n) is 2.93. The molecule has 0 atom stereocenters. The number of hydrogen-bond donors (Lipinski definition) is 2. The highest BCUT2D eigenvalue weighted by atomic mass is 16.5. The Labute approximate surface area is 138 Å². The second kappa shape index (κ2) is 7.86. The number of carbonyl (C=O) groups is 1. The van der Waals surface area contributed by atoms with Crippen LogP contribution in [0.4, 0.5) is 0 Å². The lowest BCUT2D eigenvalue weighted by Gasteiger charge is -2.06. The summed E-state index contributed by atoms with van der Waals surface area (Å²) in [6, 6.07) is 4.83. The van der Waals surface area contributed by atoms with E-state index in [9.17, 15) is 4.79 Å². The fourth-order valence-electron chi connectivity index (χ4n) is 1.87. The molecule has 0 aromatic carbocycles. The zero-order chi connectivity index (χ0) is 17.5. The smallest absolute Gasteiger partial charge is 0.358 e. The van der Waals surface area contributed by atoms with Crippen molar-refractivity contribution in [3.63, 3.8) is 0 Å². The molecular formula is C15H18N6O3. The van der Waals surface area contributed by atoms with Gasteiger partial charge in [-0.05, 0) is 13.0 Å². The molecule has 2 aromatic heterocycles. The van der Waals surface area contributed by atoms with Crippen molar-refractivity contribution in [3.05, 3.63) is 35.8 Å². The van der Waals surface area contributed by atoms with Crippen LogP contribution in [0.2, 0.25) is 0 Å². The van der Waals surface area contributed by atoms with Gasteiger partial charge in [-0.15, -0.1) is 0 Å². The molecule has 0 bridgehead atoms. The number of pyridine rings is 1. The predicted molar refractivity (Wildman–Crippen MR) is 88.2 cm³/mol. The molecule has 0 unspecified atom stereocenters. The van der Waals surface area contributed by atoms with E-state index < -0.39 is 5.97 Å². The summed E-state index contributed by atoms with van der Waals surface area (Å²) in [6.07, 6.45) is 2.90. The monoisotopic (exact) mass is 330 g/mol. The average Bonchev–Trinajstić information content (AvgIpc) is 3.05. The fraction of sp³-hybridized carbons (Fsp3) is 0.267. The molecule has 0 aliphatic carbocycles. The van der Waals surface area contributed by atoms with E-state index in [-0.39, 0.29) is 18.1 Å². The van der Waals surface area contributed by atoms with Crippen molar-refractivity contribution in [2.45, 2.75) is 6.92 Å². The molecular weight excluding hydrogens is 312 g/mol. The van der Waals surface area contributed by atoms with Crippen LogP contribution < -0.4 is 10.1 Å². The number of carbonyl (C=O) groups excluding carboxylic acids is 1. The first kappa shape index (κ1) is 17.1. The van der Waals surface area contributed by atoms with Crippen LogP contribution in [0.15, 0.2) is 29.4 Å². The molecule has 2 heterocycles. The summed E-state index contributed by atoms with van der Waals surface area (Å²) in [5.41, 5.74) is 0.981. The first-order valence-corrected chi connectivity index (χ1v) is 7.17. The van der Waals surface area contributed by atoms with E-state index in [0.29, 0.717) is 17.3 Å². The number of amidine groups is 1. The van der Waals surface area contributed by atoms with Gasteiger partial charge in [-0.25, -0.2) is 19.5 Å². The van der Waals surface area contributed by atoms with Gasteiger partial charge in [0.1, 0.15) is 5.69 Å². The molecule has 2 rings (SSSR count). The molecule has 0 fully saturated rings. The summed E-state index contributed by atoms with van der Waals surface area (Å²) in [5, 5.41) is 15.0. The van der Waals surface area contributed by atoms with E-state index in [1.165, 1.54) is 30.4 Å². The first-order valence-electron chi connectivity index (χ1n) is 7.17. The van der Waals surface area contributed by atoms with E-state index in [1.54, 1.807) is 26.1 Å². The Morgan fingerprint density at radius 2 is 2.29 bits per heavy atom. The van der Waals surface area contributed by atoms with Gasteiger partial charge in [0.15, 0.2) is 11.5 Å². The molecule has 126 valence electrons. The number of methoxy groups -OCH3 is 1. The zero-order valence-electron chi connectivity index (χ0n) is 13.6. The van der Waals surface area contributed by atoms with Crippen LogP contribution in [0.1, 0.15) is 23.1 Å². The van der Waals surface area contributed by atoms with Gasteiger partial charge >= 0.3 is 5.97 Å². The lowest BCUT2D eigenvalue weighted by molar-refractivity contribution is 0.0519. The minimum atomic E-state index is -0.565. The molecule has 0 aliphatic heterocycles. The van der Waals surface area contributed by atoms with Crippen molar-refractivity contribution in [1.82, 2.24) is 20.1 Å². The van der Waals surface area contributed by atoms with Gasteiger partial charge in [0.25, 0.3) is 0 Å². The number of aromatic nitrogens is 3. The van der Waals surface area contributed by atoms with Crippen molar-refractivity contribution in [1.29, 1.82) is 5.41 Å². The van der Waals surface area contributed by atoms with Gasteiger partial charge < -0.3 is 14.8 Å². The number of hydrogen-bond acceptors (Lipinski definition) is 6. The van der Waals surface area contributed by atoms with Crippen molar-refractivity contribution < 1.29 is 14.3 Å². The zero-order valence-corrected chi connectivity index (χ0v) is 13.6. The maximum atomic E-state index is 11.9. The highest BCUT2D eigenvalue weighted by molar-refractivity contribution is 6.01. The van der Waals surface area contributed by atoms with E-state index in [0.717, 1.165) is 0 Å². The number of nitrogens with one attached hydrogen (secondary N) is 2. The normalized spacial score (nSPS) is 10.6.